The van der Waals surface area contributed by atoms with Crippen LogP contribution in [0.3, 0.4) is 0 Å². The SMILES string of the molecule is NNC(Cc1ccsc1)c1cc2ccccc2o1. The van der Waals surface area contributed by atoms with Crippen molar-refractivity contribution in [2.75, 3.05) is 0 Å². The maximum absolute atomic E-state index is 5.83. The van der Waals surface area contributed by atoms with Crippen molar-refractivity contribution in [3.8, 4) is 0 Å². The summed E-state index contributed by atoms with van der Waals surface area (Å²) in [7, 11) is 0. The summed E-state index contributed by atoms with van der Waals surface area (Å²) in [5, 5.41) is 5.31. The van der Waals surface area contributed by atoms with Crippen LogP contribution in [0, 0.1) is 0 Å². The van der Waals surface area contributed by atoms with Crippen molar-refractivity contribution in [1.29, 1.82) is 0 Å². The molecule has 3 nitrogen and oxygen atoms in total. The predicted octanol–water partition coefficient (Wildman–Crippen LogP) is 3.24. The van der Waals surface area contributed by atoms with E-state index >= 15 is 0 Å². The first-order valence-electron chi connectivity index (χ1n) is 5.82. The molecule has 0 saturated heterocycles. The van der Waals surface area contributed by atoms with Crippen molar-refractivity contribution in [1.82, 2.24) is 5.43 Å². The predicted molar refractivity (Wildman–Crippen MR) is 74.3 cm³/mol. The summed E-state index contributed by atoms with van der Waals surface area (Å²) >= 11 is 1.69. The van der Waals surface area contributed by atoms with E-state index in [-0.39, 0.29) is 6.04 Å². The van der Waals surface area contributed by atoms with Crippen molar-refractivity contribution in [2.45, 2.75) is 12.5 Å². The summed E-state index contributed by atoms with van der Waals surface area (Å²) in [4.78, 5) is 0. The number of thiophene rings is 1. The fraction of sp³-hybridized carbons (Fsp3) is 0.143. The summed E-state index contributed by atoms with van der Waals surface area (Å²) in [6, 6.07) is 12.2. The number of rotatable bonds is 4. The van der Waals surface area contributed by atoms with Gasteiger partial charge >= 0.3 is 0 Å². The van der Waals surface area contributed by atoms with Gasteiger partial charge in [-0.05, 0) is 40.9 Å². The molecule has 0 saturated carbocycles. The lowest BCUT2D eigenvalue weighted by molar-refractivity contribution is 0.435. The van der Waals surface area contributed by atoms with E-state index in [0.717, 1.165) is 23.2 Å². The number of furan rings is 1. The quantitative estimate of drug-likeness (QED) is 0.558. The summed E-state index contributed by atoms with van der Waals surface area (Å²) < 4.78 is 5.83. The smallest absolute Gasteiger partial charge is 0.134 e. The van der Waals surface area contributed by atoms with Crippen LogP contribution in [0.15, 0.2) is 51.6 Å². The lowest BCUT2D eigenvalue weighted by atomic mass is 10.1. The molecule has 0 amide bonds. The van der Waals surface area contributed by atoms with Gasteiger partial charge in [-0.25, -0.2) is 5.43 Å². The second kappa shape index (κ2) is 4.94. The van der Waals surface area contributed by atoms with Crippen molar-refractivity contribution in [3.05, 3.63) is 58.5 Å². The molecule has 18 heavy (non-hydrogen) atoms. The van der Waals surface area contributed by atoms with Crippen molar-refractivity contribution >= 4 is 22.3 Å². The summed E-state index contributed by atoms with van der Waals surface area (Å²) in [6.45, 7) is 0. The van der Waals surface area contributed by atoms with Crippen LogP contribution < -0.4 is 11.3 Å². The normalized spacial score (nSPS) is 12.9. The second-order valence-electron chi connectivity index (χ2n) is 4.24. The van der Waals surface area contributed by atoms with Crippen LogP contribution in [0.1, 0.15) is 17.4 Å². The number of hydrazine groups is 1. The summed E-state index contributed by atoms with van der Waals surface area (Å²) in [5.74, 6) is 6.52. The fourth-order valence-electron chi connectivity index (χ4n) is 2.06. The lowest BCUT2D eigenvalue weighted by Gasteiger charge is -2.11. The number of hydrogen-bond acceptors (Lipinski definition) is 4. The van der Waals surface area contributed by atoms with Gasteiger partial charge in [0.25, 0.3) is 0 Å². The maximum atomic E-state index is 5.83. The molecule has 0 aliphatic rings. The number of nitrogens with one attached hydrogen (secondary N) is 1. The molecule has 1 unspecified atom stereocenters. The summed E-state index contributed by atoms with van der Waals surface area (Å²) in [6.07, 6.45) is 0.833. The minimum absolute atomic E-state index is 0.00648. The van der Waals surface area contributed by atoms with Crippen LogP contribution >= 0.6 is 11.3 Å². The Labute approximate surface area is 109 Å². The topological polar surface area (TPSA) is 51.2 Å². The fourth-order valence-corrected chi connectivity index (χ4v) is 2.74. The van der Waals surface area contributed by atoms with Crippen LogP contribution in [-0.2, 0) is 6.42 Å². The van der Waals surface area contributed by atoms with Crippen LogP contribution in [-0.4, -0.2) is 0 Å². The Kier molecular flexibility index (Phi) is 3.15. The number of para-hydroxylation sites is 1. The molecular weight excluding hydrogens is 244 g/mol. The Balaban J connectivity index is 1.90. The number of hydrogen-bond donors (Lipinski definition) is 2. The monoisotopic (exact) mass is 258 g/mol. The zero-order valence-electron chi connectivity index (χ0n) is 9.80. The second-order valence-corrected chi connectivity index (χ2v) is 5.02. The maximum Gasteiger partial charge on any atom is 0.134 e. The van der Waals surface area contributed by atoms with E-state index in [1.54, 1.807) is 11.3 Å². The minimum atomic E-state index is 0.00648. The molecule has 2 heterocycles. The highest BCUT2D eigenvalue weighted by atomic mass is 32.1. The standard InChI is InChI=1S/C14H14N2OS/c15-16-12(7-10-5-6-18-9-10)14-8-11-3-1-2-4-13(11)17-14/h1-6,8-9,12,16H,7,15H2. The third-order valence-corrected chi connectivity index (χ3v) is 3.74. The van der Waals surface area contributed by atoms with Crippen LogP contribution in [0.5, 0.6) is 0 Å². The van der Waals surface area contributed by atoms with Gasteiger partial charge in [0.05, 0.1) is 6.04 Å². The first-order chi connectivity index (χ1) is 8.86. The molecule has 0 radical (unpaired) electrons. The molecule has 0 aliphatic carbocycles. The third kappa shape index (κ3) is 2.18. The first kappa shape index (κ1) is 11.5. The highest BCUT2D eigenvalue weighted by molar-refractivity contribution is 7.07. The Morgan fingerprint density at radius 2 is 2.17 bits per heavy atom. The van der Waals surface area contributed by atoms with Gasteiger partial charge in [0.2, 0.25) is 0 Å². The Morgan fingerprint density at radius 1 is 1.28 bits per heavy atom. The molecule has 0 fully saturated rings. The molecule has 2 aromatic heterocycles. The highest BCUT2D eigenvalue weighted by Crippen LogP contribution is 2.26. The largest absolute Gasteiger partial charge is 0.459 e. The Bertz CT molecular complexity index is 597. The average Bonchev–Trinajstić information content (AvgIpc) is 3.04. The zero-order valence-corrected chi connectivity index (χ0v) is 10.6. The van der Waals surface area contributed by atoms with Crippen LogP contribution in [0.4, 0.5) is 0 Å². The van der Waals surface area contributed by atoms with Crippen LogP contribution in [0.2, 0.25) is 0 Å². The van der Waals surface area contributed by atoms with Gasteiger partial charge in [-0.1, -0.05) is 18.2 Å². The third-order valence-electron chi connectivity index (χ3n) is 3.01. The Morgan fingerprint density at radius 3 is 2.89 bits per heavy atom. The molecule has 3 aromatic rings. The van der Waals surface area contributed by atoms with Gasteiger partial charge in [-0.2, -0.15) is 11.3 Å². The van der Waals surface area contributed by atoms with E-state index in [2.05, 4.69) is 22.3 Å². The molecule has 4 heteroatoms. The van der Waals surface area contributed by atoms with E-state index in [0.29, 0.717) is 0 Å². The molecule has 3 N–H and O–H groups in total. The van der Waals surface area contributed by atoms with Gasteiger partial charge in [-0.3, -0.25) is 5.84 Å². The molecule has 0 aliphatic heterocycles. The number of nitrogens with two attached hydrogens (primary N) is 1. The number of fused-ring (bicyclic) bond motifs is 1. The molecule has 0 spiro atoms. The highest BCUT2D eigenvalue weighted by Gasteiger charge is 2.15. The molecular formula is C14H14N2OS. The number of benzene rings is 1. The Hall–Kier alpha value is -1.62. The van der Waals surface area contributed by atoms with Gasteiger partial charge in [0, 0.05) is 5.39 Å². The molecule has 92 valence electrons. The van der Waals surface area contributed by atoms with E-state index < -0.39 is 0 Å². The van der Waals surface area contributed by atoms with Gasteiger partial charge in [0.1, 0.15) is 11.3 Å². The van der Waals surface area contributed by atoms with Gasteiger partial charge in [-0.15, -0.1) is 0 Å². The average molecular weight is 258 g/mol. The van der Waals surface area contributed by atoms with Crippen LogP contribution in [0.25, 0.3) is 11.0 Å². The minimum Gasteiger partial charge on any atom is -0.459 e. The van der Waals surface area contributed by atoms with E-state index in [4.69, 9.17) is 10.3 Å². The van der Waals surface area contributed by atoms with Gasteiger partial charge < -0.3 is 4.42 Å². The molecule has 0 bridgehead atoms. The lowest BCUT2D eigenvalue weighted by Crippen LogP contribution is -2.29. The molecule has 3 rings (SSSR count). The van der Waals surface area contributed by atoms with Crippen molar-refractivity contribution < 1.29 is 4.42 Å². The zero-order chi connectivity index (χ0) is 12.4. The molecule has 1 atom stereocenters. The van der Waals surface area contributed by atoms with E-state index in [9.17, 15) is 0 Å². The van der Waals surface area contributed by atoms with Crippen molar-refractivity contribution in [3.63, 3.8) is 0 Å². The van der Waals surface area contributed by atoms with Gasteiger partial charge in [0.15, 0.2) is 0 Å². The van der Waals surface area contributed by atoms with E-state index in [1.807, 2.05) is 30.3 Å². The molecule has 1 aromatic carbocycles. The first-order valence-corrected chi connectivity index (χ1v) is 6.77. The van der Waals surface area contributed by atoms with Crippen molar-refractivity contribution in [2.24, 2.45) is 5.84 Å². The summed E-state index contributed by atoms with van der Waals surface area (Å²) in [5.41, 5.74) is 5.00. The van der Waals surface area contributed by atoms with E-state index in [1.165, 1.54) is 5.56 Å².